The van der Waals surface area contributed by atoms with Gasteiger partial charge in [0.05, 0.1) is 22.1 Å². The molecule has 0 bridgehead atoms. The summed E-state index contributed by atoms with van der Waals surface area (Å²) in [4.78, 5) is 11.9. The normalized spacial score (nSPS) is 13.0. The Morgan fingerprint density at radius 2 is 1.85 bits per heavy atom. The summed E-state index contributed by atoms with van der Waals surface area (Å²) in [6.45, 7) is 2.02. The molecule has 0 N–H and O–H groups in total. The summed E-state index contributed by atoms with van der Waals surface area (Å²) in [6.07, 6.45) is 1.69. The Bertz CT molecular complexity index is 841. The topological polar surface area (TPSA) is 40.1 Å². The fourth-order valence-electron chi connectivity index (χ4n) is 2.48. The number of imidazole rings is 1. The van der Waals surface area contributed by atoms with E-state index in [4.69, 9.17) is 4.42 Å². The highest BCUT2D eigenvalue weighted by Gasteiger charge is 2.18. The van der Waals surface area contributed by atoms with Crippen molar-refractivity contribution in [3.63, 3.8) is 0 Å². The fraction of sp³-hybridized carbons (Fsp3) is 0.267. The van der Waals surface area contributed by atoms with Crippen LogP contribution >= 0.6 is 15.9 Å². The molecule has 0 saturated carbocycles. The summed E-state index contributed by atoms with van der Waals surface area (Å²) in [7, 11) is 3.57. The van der Waals surface area contributed by atoms with Gasteiger partial charge in [-0.2, -0.15) is 0 Å². The average molecular weight is 335 g/mol. The quantitative estimate of drug-likeness (QED) is 0.675. The van der Waals surface area contributed by atoms with E-state index in [0.29, 0.717) is 0 Å². The summed E-state index contributed by atoms with van der Waals surface area (Å²) in [5.74, 6) is 0.894. The molecule has 1 unspecified atom stereocenters. The van der Waals surface area contributed by atoms with Crippen molar-refractivity contribution in [3.8, 4) is 0 Å². The van der Waals surface area contributed by atoms with Gasteiger partial charge in [-0.25, -0.2) is 4.79 Å². The van der Waals surface area contributed by atoms with Gasteiger partial charge in [-0.3, -0.25) is 9.13 Å². The van der Waals surface area contributed by atoms with E-state index < -0.39 is 0 Å². The van der Waals surface area contributed by atoms with E-state index in [1.165, 1.54) is 0 Å². The van der Waals surface area contributed by atoms with Gasteiger partial charge in [-0.1, -0.05) is 22.0 Å². The van der Waals surface area contributed by atoms with Crippen LogP contribution in [-0.2, 0) is 14.1 Å². The van der Waals surface area contributed by atoms with Gasteiger partial charge in [0.1, 0.15) is 5.76 Å². The summed E-state index contributed by atoms with van der Waals surface area (Å²) in [5.41, 5.74) is 4.00. The van der Waals surface area contributed by atoms with Crippen LogP contribution in [0.25, 0.3) is 11.0 Å². The van der Waals surface area contributed by atoms with Crippen LogP contribution in [0, 0.1) is 6.92 Å². The van der Waals surface area contributed by atoms with Gasteiger partial charge < -0.3 is 4.42 Å². The van der Waals surface area contributed by atoms with Gasteiger partial charge in [0.25, 0.3) is 0 Å². The van der Waals surface area contributed by atoms with Crippen LogP contribution in [-0.4, -0.2) is 9.13 Å². The molecule has 20 heavy (non-hydrogen) atoms. The minimum Gasteiger partial charge on any atom is -0.468 e. The first kappa shape index (κ1) is 13.2. The largest absolute Gasteiger partial charge is 0.468 e. The van der Waals surface area contributed by atoms with E-state index >= 15 is 0 Å². The Labute approximate surface area is 124 Å². The first-order valence-corrected chi connectivity index (χ1v) is 7.25. The number of hydrogen-bond acceptors (Lipinski definition) is 2. The summed E-state index contributed by atoms with van der Waals surface area (Å²) < 4.78 is 8.84. The number of halogens is 1. The highest BCUT2D eigenvalue weighted by Crippen LogP contribution is 2.34. The number of fused-ring (bicyclic) bond motifs is 1. The van der Waals surface area contributed by atoms with Crippen molar-refractivity contribution < 1.29 is 4.42 Å². The maximum absolute atomic E-state index is 11.9. The number of aromatic nitrogens is 2. The van der Waals surface area contributed by atoms with Gasteiger partial charge in [0, 0.05) is 14.1 Å². The molecule has 0 aliphatic heterocycles. The van der Waals surface area contributed by atoms with Crippen molar-refractivity contribution >= 4 is 27.0 Å². The van der Waals surface area contributed by atoms with Crippen molar-refractivity contribution in [2.45, 2.75) is 11.8 Å². The van der Waals surface area contributed by atoms with E-state index in [9.17, 15) is 4.79 Å². The molecule has 1 atom stereocenters. The van der Waals surface area contributed by atoms with Gasteiger partial charge >= 0.3 is 5.69 Å². The van der Waals surface area contributed by atoms with E-state index in [1.807, 2.05) is 31.2 Å². The standard InChI is InChI=1S/C15H15BrN2O2/c1-9-6-7-20-14(9)13(16)10-4-5-11-12(8-10)18(3)15(19)17(11)2/h4-8,13H,1-3H3. The second kappa shape index (κ2) is 4.66. The second-order valence-electron chi connectivity index (χ2n) is 4.98. The zero-order chi connectivity index (χ0) is 14.4. The number of furan rings is 1. The van der Waals surface area contributed by atoms with E-state index in [1.54, 1.807) is 29.5 Å². The Kier molecular flexibility index (Phi) is 3.09. The molecule has 0 aliphatic carbocycles. The maximum atomic E-state index is 11.9. The molecule has 0 fully saturated rings. The number of aryl methyl sites for hydroxylation is 3. The number of hydrogen-bond donors (Lipinski definition) is 0. The smallest absolute Gasteiger partial charge is 0.328 e. The van der Waals surface area contributed by atoms with Gasteiger partial charge in [-0.05, 0) is 36.2 Å². The molecular weight excluding hydrogens is 320 g/mol. The van der Waals surface area contributed by atoms with Crippen molar-refractivity contribution in [1.29, 1.82) is 0 Å². The van der Waals surface area contributed by atoms with Crippen LogP contribution in [0.2, 0.25) is 0 Å². The third kappa shape index (κ3) is 1.85. The van der Waals surface area contributed by atoms with Crippen LogP contribution in [0.4, 0.5) is 0 Å². The minimum absolute atomic E-state index is 0.0162. The third-order valence-electron chi connectivity index (χ3n) is 3.72. The summed E-state index contributed by atoms with van der Waals surface area (Å²) in [6, 6.07) is 7.96. The Balaban J connectivity index is 2.17. The molecule has 5 heteroatoms. The van der Waals surface area contributed by atoms with Crippen molar-refractivity contribution in [1.82, 2.24) is 9.13 Å². The van der Waals surface area contributed by atoms with Gasteiger partial charge in [0.2, 0.25) is 0 Å². The van der Waals surface area contributed by atoms with Crippen LogP contribution in [0.15, 0.2) is 39.7 Å². The zero-order valence-corrected chi connectivity index (χ0v) is 13.1. The predicted molar refractivity (Wildman–Crippen MR) is 82.4 cm³/mol. The molecule has 3 rings (SSSR count). The zero-order valence-electron chi connectivity index (χ0n) is 11.6. The molecule has 2 heterocycles. The average Bonchev–Trinajstić information content (AvgIpc) is 2.97. The Morgan fingerprint density at radius 3 is 2.50 bits per heavy atom. The minimum atomic E-state index is -0.0165. The lowest BCUT2D eigenvalue weighted by atomic mass is 10.1. The lowest BCUT2D eigenvalue weighted by molar-refractivity contribution is 0.517. The molecule has 1 aromatic carbocycles. The Hall–Kier alpha value is -1.75. The third-order valence-corrected chi connectivity index (χ3v) is 4.67. The molecule has 3 aromatic rings. The molecule has 4 nitrogen and oxygen atoms in total. The highest BCUT2D eigenvalue weighted by atomic mass is 79.9. The molecule has 0 radical (unpaired) electrons. The van der Waals surface area contributed by atoms with Crippen molar-refractivity contribution in [2.75, 3.05) is 0 Å². The molecule has 0 spiro atoms. The maximum Gasteiger partial charge on any atom is 0.328 e. The molecule has 0 saturated heterocycles. The van der Waals surface area contributed by atoms with E-state index in [0.717, 1.165) is 27.9 Å². The van der Waals surface area contributed by atoms with Crippen LogP contribution in [0.1, 0.15) is 21.7 Å². The van der Waals surface area contributed by atoms with Crippen LogP contribution < -0.4 is 5.69 Å². The number of benzene rings is 1. The molecule has 104 valence electrons. The first-order valence-electron chi connectivity index (χ1n) is 6.34. The molecule has 0 amide bonds. The second-order valence-corrected chi connectivity index (χ2v) is 5.89. The van der Waals surface area contributed by atoms with Crippen molar-refractivity contribution in [3.05, 3.63) is 57.9 Å². The SMILES string of the molecule is Cc1ccoc1C(Br)c1ccc2c(c1)n(C)c(=O)n2C. The summed E-state index contributed by atoms with van der Waals surface area (Å²) in [5, 5.41) is 0. The van der Waals surface area contributed by atoms with Crippen LogP contribution in [0.5, 0.6) is 0 Å². The molecule has 2 aromatic heterocycles. The van der Waals surface area contributed by atoms with Gasteiger partial charge in [0.15, 0.2) is 0 Å². The highest BCUT2D eigenvalue weighted by molar-refractivity contribution is 9.09. The lowest BCUT2D eigenvalue weighted by Crippen LogP contribution is -2.19. The number of nitrogens with zero attached hydrogens (tertiary/aromatic N) is 2. The van der Waals surface area contributed by atoms with Gasteiger partial charge in [-0.15, -0.1) is 0 Å². The van der Waals surface area contributed by atoms with Crippen LogP contribution in [0.3, 0.4) is 0 Å². The predicted octanol–water partition coefficient (Wildman–Crippen LogP) is 3.26. The first-order chi connectivity index (χ1) is 9.50. The monoisotopic (exact) mass is 334 g/mol. The van der Waals surface area contributed by atoms with E-state index in [2.05, 4.69) is 15.9 Å². The lowest BCUT2D eigenvalue weighted by Gasteiger charge is -2.09. The molecular formula is C15H15BrN2O2. The fourth-order valence-corrected chi connectivity index (χ4v) is 3.23. The Morgan fingerprint density at radius 1 is 1.15 bits per heavy atom. The summed E-state index contributed by atoms with van der Waals surface area (Å²) >= 11 is 3.67. The number of alkyl halides is 1. The van der Waals surface area contributed by atoms with E-state index in [-0.39, 0.29) is 10.5 Å². The number of rotatable bonds is 2. The molecule has 0 aliphatic rings. The van der Waals surface area contributed by atoms with Crippen molar-refractivity contribution in [2.24, 2.45) is 14.1 Å².